The maximum atomic E-state index is 12.1. The number of carboxylic acids is 1. The van der Waals surface area contributed by atoms with Gasteiger partial charge in [-0.3, -0.25) is 14.3 Å². The third kappa shape index (κ3) is 5.25. The molecule has 0 saturated heterocycles. The first-order valence-electron chi connectivity index (χ1n) is 7.49. The van der Waals surface area contributed by atoms with Gasteiger partial charge in [0.1, 0.15) is 0 Å². The first kappa shape index (κ1) is 16.7. The summed E-state index contributed by atoms with van der Waals surface area (Å²) in [5.74, 6) is -1.11. The highest BCUT2D eigenvalue weighted by Gasteiger charge is 2.18. The fraction of sp³-hybridized carbons (Fsp3) is 0.353. The number of carbonyl (C=O) groups is 2. The average Bonchev–Trinajstić information content (AvgIpc) is 2.90. The van der Waals surface area contributed by atoms with Gasteiger partial charge in [-0.1, -0.05) is 29.8 Å². The molecule has 1 amide bonds. The molecule has 2 rings (SSSR count). The number of nitrogens with zero attached hydrogens (tertiary/aromatic N) is 2. The third-order valence-corrected chi connectivity index (χ3v) is 3.59. The van der Waals surface area contributed by atoms with Crippen molar-refractivity contribution < 1.29 is 14.7 Å². The Morgan fingerprint density at radius 3 is 2.57 bits per heavy atom. The number of amides is 1. The Bertz CT molecular complexity index is 677. The Balaban J connectivity index is 1.97. The van der Waals surface area contributed by atoms with E-state index in [9.17, 15) is 9.59 Å². The summed E-state index contributed by atoms with van der Waals surface area (Å²) in [7, 11) is 1.82. The summed E-state index contributed by atoms with van der Waals surface area (Å²) in [5.41, 5.74) is 2.87. The molecule has 6 nitrogen and oxygen atoms in total. The predicted octanol–water partition coefficient (Wildman–Crippen LogP) is 1.99. The van der Waals surface area contributed by atoms with Crippen LogP contribution >= 0.6 is 0 Å². The molecule has 0 fully saturated rings. The van der Waals surface area contributed by atoms with Gasteiger partial charge in [0.25, 0.3) is 0 Å². The molecule has 0 aliphatic rings. The van der Waals surface area contributed by atoms with E-state index in [4.69, 9.17) is 5.11 Å². The Morgan fingerprint density at radius 1 is 1.30 bits per heavy atom. The van der Waals surface area contributed by atoms with Gasteiger partial charge in [-0.05, 0) is 24.5 Å². The van der Waals surface area contributed by atoms with Crippen molar-refractivity contribution in [3.05, 3.63) is 53.3 Å². The highest BCUT2D eigenvalue weighted by Crippen LogP contribution is 2.18. The minimum atomic E-state index is -0.942. The lowest BCUT2D eigenvalue weighted by Crippen LogP contribution is -2.30. The predicted molar refractivity (Wildman–Crippen MR) is 85.8 cm³/mol. The van der Waals surface area contributed by atoms with Crippen molar-refractivity contribution in [1.29, 1.82) is 0 Å². The zero-order chi connectivity index (χ0) is 16.8. The molecule has 1 unspecified atom stereocenters. The van der Waals surface area contributed by atoms with Crippen LogP contribution in [0.4, 0.5) is 0 Å². The molecule has 0 aliphatic carbocycles. The van der Waals surface area contributed by atoms with E-state index in [0.29, 0.717) is 12.8 Å². The lowest BCUT2D eigenvalue weighted by molar-refractivity contribution is -0.137. The van der Waals surface area contributed by atoms with Crippen molar-refractivity contribution in [3.63, 3.8) is 0 Å². The molecule has 2 aromatic rings. The number of aryl methyl sites for hydroxylation is 3. The zero-order valence-corrected chi connectivity index (χ0v) is 13.3. The van der Waals surface area contributed by atoms with E-state index in [-0.39, 0.29) is 12.3 Å². The first-order chi connectivity index (χ1) is 10.9. The van der Waals surface area contributed by atoms with Crippen LogP contribution < -0.4 is 5.32 Å². The van der Waals surface area contributed by atoms with Gasteiger partial charge in [0.05, 0.1) is 18.7 Å². The van der Waals surface area contributed by atoms with E-state index in [1.807, 2.05) is 44.4 Å². The van der Waals surface area contributed by atoms with E-state index < -0.39 is 12.0 Å². The number of rotatable bonds is 7. The molecule has 6 heteroatoms. The summed E-state index contributed by atoms with van der Waals surface area (Å²) in [6.45, 7) is 1.96. The summed E-state index contributed by atoms with van der Waals surface area (Å²) >= 11 is 0. The van der Waals surface area contributed by atoms with Gasteiger partial charge in [-0.25, -0.2) is 0 Å². The van der Waals surface area contributed by atoms with Crippen LogP contribution in [0.3, 0.4) is 0 Å². The standard InChI is InChI=1S/C17H21N3O3/c1-12-3-6-14(7-4-12)15(9-17(22)23)19-16(21)8-5-13-10-18-20(2)11-13/h3-4,6-7,10-11,15H,5,8-9H2,1-2H3,(H,19,21)(H,22,23). The average molecular weight is 315 g/mol. The number of hydrogen-bond acceptors (Lipinski definition) is 3. The number of hydrogen-bond donors (Lipinski definition) is 2. The lowest BCUT2D eigenvalue weighted by Gasteiger charge is -2.17. The quantitative estimate of drug-likeness (QED) is 0.818. The van der Waals surface area contributed by atoms with Crippen LogP contribution in [-0.2, 0) is 23.1 Å². The molecule has 1 aromatic heterocycles. The van der Waals surface area contributed by atoms with Crippen molar-refractivity contribution in [2.75, 3.05) is 0 Å². The second-order valence-corrected chi connectivity index (χ2v) is 5.65. The van der Waals surface area contributed by atoms with Crippen LogP contribution in [0.2, 0.25) is 0 Å². The van der Waals surface area contributed by atoms with Crippen molar-refractivity contribution in [1.82, 2.24) is 15.1 Å². The van der Waals surface area contributed by atoms with Crippen molar-refractivity contribution >= 4 is 11.9 Å². The zero-order valence-electron chi connectivity index (χ0n) is 13.3. The molecule has 2 N–H and O–H groups in total. The number of carboxylic acid groups (broad SMARTS) is 1. The summed E-state index contributed by atoms with van der Waals surface area (Å²) in [6.07, 6.45) is 4.33. The van der Waals surface area contributed by atoms with E-state index in [2.05, 4.69) is 10.4 Å². The van der Waals surface area contributed by atoms with E-state index >= 15 is 0 Å². The monoisotopic (exact) mass is 315 g/mol. The second-order valence-electron chi connectivity index (χ2n) is 5.65. The summed E-state index contributed by atoms with van der Waals surface area (Å²) in [4.78, 5) is 23.2. The van der Waals surface area contributed by atoms with Gasteiger partial charge in [0, 0.05) is 19.7 Å². The van der Waals surface area contributed by atoms with Gasteiger partial charge < -0.3 is 10.4 Å². The van der Waals surface area contributed by atoms with Gasteiger partial charge in [-0.15, -0.1) is 0 Å². The third-order valence-electron chi connectivity index (χ3n) is 3.59. The van der Waals surface area contributed by atoms with Gasteiger partial charge in [0.15, 0.2) is 0 Å². The molecule has 1 atom stereocenters. The smallest absolute Gasteiger partial charge is 0.305 e. The van der Waals surface area contributed by atoms with Crippen LogP contribution in [0, 0.1) is 6.92 Å². The molecule has 0 spiro atoms. The number of benzene rings is 1. The largest absolute Gasteiger partial charge is 0.481 e. The molecule has 0 saturated carbocycles. The normalized spacial score (nSPS) is 11.9. The van der Waals surface area contributed by atoms with Crippen LogP contribution in [0.25, 0.3) is 0 Å². The topological polar surface area (TPSA) is 84.2 Å². The fourth-order valence-electron chi connectivity index (χ4n) is 2.35. The minimum Gasteiger partial charge on any atom is -0.481 e. The van der Waals surface area contributed by atoms with Gasteiger partial charge in [-0.2, -0.15) is 5.10 Å². The molecule has 1 heterocycles. The lowest BCUT2D eigenvalue weighted by atomic mass is 10.0. The summed E-state index contributed by atoms with van der Waals surface area (Å²) < 4.78 is 1.69. The van der Waals surface area contributed by atoms with Crippen molar-refractivity contribution in [2.24, 2.45) is 7.05 Å². The minimum absolute atomic E-state index is 0.137. The van der Waals surface area contributed by atoms with Crippen molar-refractivity contribution in [2.45, 2.75) is 32.2 Å². The molecule has 23 heavy (non-hydrogen) atoms. The van der Waals surface area contributed by atoms with Crippen LogP contribution in [-0.4, -0.2) is 26.8 Å². The van der Waals surface area contributed by atoms with Crippen molar-refractivity contribution in [3.8, 4) is 0 Å². The van der Waals surface area contributed by atoms with Gasteiger partial charge >= 0.3 is 5.97 Å². The van der Waals surface area contributed by atoms with Gasteiger partial charge in [0.2, 0.25) is 5.91 Å². The first-order valence-corrected chi connectivity index (χ1v) is 7.49. The van der Waals surface area contributed by atoms with Crippen LogP contribution in [0.15, 0.2) is 36.7 Å². The summed E-state index contributed by atoms with van der Waals surface area (Å²) in [6, 6.07) is 7.00. The molecule has 0 radical (unpaired) electrons. The number of nitrogens with one attached hydrogen (secondary N) is 1. The number of aliphatic carboxylic acids is 1. The highest BCUT2D eigenvalue weighted by atomic mass is 16.4. The molecular formula is C17H21N3O3. The van der Waals surface area contributed by atoms with E-state index in [1.54, 1.807) is 10.9 Å². The maximum Gasteiger partial charge on any atom is 0.305 e. The fourth-order valence-corrected chi connectivity index (χ4v) is 2.35. The Kier molecular flexibility index (Phi) is 5.51. The molecule has 1 aromatic carbocycles. The Morgan fingerprint density at radius 2 is 2.00 bits per heavy atom. The Hall–Kier alpha value is -2.63. The molecule has 0 aliphatic heterocycles. The van der Waals surface area contributed by atoms with E-state index in [0.717, 1.165) is 16.7 Å². The molecular weight excluding hydrogens is 294 g/mol. The number of aromatic nitrogens is 2. The van der Waals surface area contributed by atoms with Crippen LogP contribution in [0.1, 0.15) is 35.6 Å². The van der Waals surface area contributed by atoms with E-state index in [1.165, 1.54) is 0 Å². The maximum absolute atomic E-state index is 12.1. The second kappa shape index (κ2) is 7.58. The van der Waals surface area contributed by atoms with Crippen LogP contribution in [0.5, 0.6) is 0 Å². The molecule has 0 bridgehead atoms. The molecule has 122 valence electrons. The number of carbonyl (C=O) groups excluding carboxylic acids is 1. The Labute approximate surface area is 135 Å². The SMILES string of the molecule is Cc1ccc(C(CC(=O)O)NC(=O)CCc2cnn(C)c2)cc1. The summed E-state index contributed by atoms with van der Waals surface area (Å²) in [5, 5.41) is 15.9. The highest BCUT2D eigenvalue weighted by molar-refractivity contribution is 5.78.